The maximum atomic E-state index is 12.0. The molecular weight excluding hydrogens is 342 g/mol. The molecule has 0 spiro atoms. The van der Waals surface area contributed by atoms with Crippen LogP contribution in [0.3, 0.4) is 0 Å². The monoisotopic (exact) mass is 365 g/mol. The molecule has 0 fully saturated rings. The third kappa shape index (κ3) is 6.19. The second kappa shape index (κ2) is 10.7. The van der Waals surface area contributed by atoms with Crippen LogP contribution in [-0.4, -0.2) is 19.7 Å². The van der Waals surface area contributed by atoms with Crippen LogP contribution in [0.25, 0.3) is 6.08 Å². The van der Waals surface area contributed by atoms with Gasteiger partial charge in [0, 0.05) is 0 Å². The second-order valence-corrected chi connectivity index (χ2v) is 5.84. The normalized spacial score (nSPS) is 10.8. The summed E-state index contributed by atoms with van der Waals surface area (Å²) in [6.07, 6.45) is 3.17. The van der Waals surface area contributed by atoms with E-state index in [1.165, 1.54) is 6.08 Å². The largest absolute Gasteiger partial charge is 0.493 e. The first-order chi connectivity index (χ1) is 13.2. The minimum absolute atomic E-state index is 0.0507. The molecule has 0 unspecified atom stereocenters. The fraction of sp³-hybridized carbons (Fsp3) is 0.273. The molecule has 2 rings (SSSR count). The Morgan fingerprint density at radius 2 is 1.93 bits per heavy atom. The molecule has 0 N–H and O–H groups in total. The number of unbranched alkanes of at least 4 members (excludes halogenated alkanes) is 1. The van der Waals surface area contributed by atoms with E-state index >= 15 is 0 Å². The van der Waals surface area contributed by atoms with Crippen molar-refractivity contribution in [2.45, 2.75) is 26.4 Å². The molecule has 0 bridgehead atoms. The van der Waals surface area contributed by atoms with Crippen LogP contribution in [0.15, 0.2) is 54.1 Å². The Morgan fingerprint density at radius 3 is 2.59 bits per heavy atom. The van der Waals surface area contributed by atoms with E-state index in [2.05, 4.69) is 0 Å². The number of rotatable bonds is 9. The molecule has 0 heterocycles. The van der Waals surface area contributed by atoms with Crippen LogP contribution in [-0.2, 0) is 16.1 Å². The van der Waals surface area contributed by atoms with Crippen molar-refractivity contribution in [2.75, 3.05) is 13.7 Å². The van der Waals surface area contributed by atoms with Crippen molar-refractivity contribution in [3.63, 3.8) is 0 Å². The van der Waals surface area contributed by atoms with Crippen molar-refractivity contribution in [3.8, 4) is 17.6 Å². The van der Waals surface area contributed by atoms with Gasteiger partial charge < -0.3 is 14.2 Å². The number of benzene rings is 2. The Balaban J connectivity index is 2.16. The molecule has 2 aromatic rings. The van der Waals surface area contributed by atoms with Crippen molar-refractivity contribution in [2.24, 2.45) is 0 Å². The van der Waals surface area contributed by atoms with Crippen LogP contribution in [0.2, 0.25) is 0 Å². The van der Waals surface area contributed by atoms with E-state index in [4.69, 9.17) is 14.2 Å². The van der Waals surface area contributed by atoms with Crippen molar-refractivity contribution < 1.29 is 19.0 Å². The van der Waals surface area contributed by atoms with E-state index in [1.807, 2.05) is 43.3 Å². The van der Waals surface area contributed by atoms with Gasteiger partial charge in [-0.05, 0) is 35.8 Å². The predicted molar refractivity (Wildman–Crippen MR) is 103 cm³/mol. The van der Waals surface area contributed by atoms with Crippen LogP contribution in [0.5, 0.6) is 11.5 Å². The van der Waals surface area contributed by atoms with Gasteiger partial charge in [0.1, 0.15) is 18.2 Å². The summed E-state index contributed by atoms with van der Waals surface area (Å²) < 4.78 is 16.3. The Bertz CT molecular complexity index is 822. The van der Waals surface area contributed by atoms with Gasteiger partial charge >= 0.3 is 5.97 Å². The van der Waals surface area contributed by atoms with Gasteiger partial charge in [0.15, 0.2) is 11.5 Å². The number of hydrogen-bond donors (Lipinski definition) is 0. The summed E-state index contributed by atoms with van der Waals surface area (Å²) >= 11 is 0. The molecule has 27 heavy (non-hydrogen) atoms. The van der Waals surface area contributed by atoms with E-state index in [1.54, 1.807) is 25.3 Å². The highest BCUT2D eigenvalue weighted by Gasteiger charge is 2.12. The first-order valence-corrected chi connectivity index (χ1v) is 8.81. The topological polar surface area (TPSA) is 68.6 Å². The zero-order chi connectivity index (χ0) is 19.5. The zero-order valence-corrected chi connectivity index (χ0v) is 15.6. The first kappa shape index (κ1) is 20.1. The molecule has 0 aliphatic carbocycles. The maximum absolute atomic E-state index is 12.0. The molecule has 0 amide bonds. The van der Waals surface area contributed by atoms with Crippen molar-refractivity contribution in [1.82, 2.24) is 0 Å². The van der Waals surface area contributed by atoms with Gasteiger partial charge in [-0.3, -0.25) is 0 Å². The van der Waals surface area contributed by atoms with Crippen LogP contribution in [0.4, 0.5) is 0 Å². The maximum Gasteiger partial charge on any atom is 0.348 e. The summed E-state index contributed by atoms with van der Waals surface area (Å²) in [5.74, 6) is 0.493. The van der Waals surface area contributed by atoms with E-state index in [-0.39, 0.29) is 5.57 Å². The average Bonchev–Trinajstić information content (AvgIpc) is 2.71. The number of methoxy groups -OCH3 is 1. The molecule has 0 saturated heterocycles. The van der Waals surface area contributed by atoms with Gasteiger partial charge in [-0.2, -0.15) is 5.26 Å². The number of esters is 1. The van der Waals surface area contributed by atoms with Crippen LogP contribution >= 0.6 is 0 Å². The molecule has 0 aliphatic heterocycles. The molecule has 0 radical (unpaired) electrons. The van der Waals surface area contributed by atoms with Gasteiger partial charge in [-0.15, -0.1) is 0 Å². The Labute approximate surface area is 159 Å². The molecule has 2 aromatic carbocycles. The van der Waals surface area contributed by atoms with E-state index < -0.39 is 5.97 Å². The highest BCUT2D eigenvalue weighted by Crippen LogP contribution is 2.29. The standard InChI is InChI=1S/C22H23NO4/c1-3-4-12-26-22(24)19(15-23)13-18-10-11-20(25-2)21(14-18)27-16-17-8-6-5-7-9-17/h5-11,13-14H,3-4,12,16H2,1-2H3/b19-13+. The molecule has 5 nitrogen and oxygen atoms in total. The lowest BCUT2D eigenvalue weighted by Crippen LogP contribution is -2.07. The van der Waals surface area contributed by atoms with E-state index in [0.717, 1.165) is 18.4 Å². The quantitative estimate of drug-likeness (QED) is 0.283. The van der Waals surface area contributed by atoms with Crippen LogP contribution in [0, 0.1) is 11.3 Å². The summed E-state index contributed by atoms with van der Waals surface area (Å²) in [6, 6.07) is 16.9. The van der Waals surface area contributed by atoms with Gasteiger partial charge in [0.05, 0.1) is 13.7 Å². The summed E-state index contributed by atoms with van der Waals surface area (Å²) in [5.41, 5.74) is 1.63. The fourth-order valence-electron chi connectivity index (χ4n) is 2.32. The van der Waals surface area contributed by atoms with Gasteiger partial charge in [0.2, 0.25) is 0 Å². The molecule has 0 aliphatic rings. The summed E-state index contributed by atoms with van der Waals surface area (Å²) in [6.45, 7) is 2.69. The third-order valence-corrected chi connectivity index (χ3v) is 3.81. The molecule has 140 valence electrons. The SMILES string of the molecule is CCCCOC(=O)/C(C#N)=C/c1ccc(OC)c(OCc2ccccc2)c1. The Morgan fingerprint density at radius 1 is 1.15 bits per heavy atom. The lowest BCUT2D eigenvalue weighted by molar-refractivity contribution is -0.138. The number of carbonyl (C=O) groups excluding carboxylic acids is 1. The van der Waals surface area contributed by atoms with Gasteiger partial charge in [-0.1, -0.05) is 49.7 Å². The lowest BCUT2D eigenvalue weighted by Gasteiger charge is -2.11. The Hall–Kier alpha value is -3.26. The van der Waals surface area contributed by atoms with Crippen molar-refractivity contribution in [3.05, 3.63) is 65.2 Å². The minimum atomic E-state index is -0.617. The third-order valence-electron chi connectivity index (χ3n) is 3.81. The van der Waals surface area contributed by atoms with Crippen molar-refractivity contribution >= 4 is 12.0 Å². The molecule has 0 aromatic heterocycles. The number of ether oxygens (including phenoxy) is 3. The second-order valence-electron chi connectivity index (χ2n) is 5.84. The highest BCUT2D eigenvalue weighted by atomic mass is 16.5. The summed E-state index contributed by atoms with van der Waals surface area (Å²) in [7, 11) is 1.56. The summed E-state index contributed by atoms with van der Waals surface area (Å²) in [4.78, 5) is 12.0. The van der Waals surface area contributed by atoms with Crippen molar-refractivity contribution in [1.29, 1.82) is 5.26 Å². The fourth-order valence-corrected chi connectivity index (χ4v) is 2.32. The van der Waals surface area contributed by atoms with E-state index in [9.17, 15) is 10.1 Å². The van der Waals surface area contributed by atoms with E-state index in [0.29, 0.717) is 30.3 Å². The summed E-state index contributed by atoms with van der Waals surface area (Å²) in [5, 5.41) is 9.26. The molecule has 5 heteroatoms. The molecular formula is C22H23NO4. The molecule has 0 saturated carbocycles. The van der Waals surface area contributed by atoms with Crippen LogP contribution in [0.1, 0.15) is 30.9 Å². The number of carbonyl (C=O) groups is 1. The number of hydrogen-bond acceptors (Lipinski definition) is 5. The first-order valence-electron chi connectivity index (χ1n) is 8.81. The average molecular weight is 365 g/mol. The minimum Gasteiger partial charge on any atom is -0.493 e. The highest BCUT2D eigenvalue weighted by molar-refractivity contribution is 5.97. The smallest absolute Gasteiger partial charge is 0.348 e. The zero-order valence-electron chi connectivity index (χ0n) is 15.6. The number of nitriles is 1. The lowest BCUT2D eigenvalue weighted by atomic mass is 10.1. The van der Waals surface area contributed by atoms with Gasteiger partial charge in [-0.25, -0.2) is 4.79 Å². The Kier molecular flexibility index (Phi) is 7.92. The number of nitrogens with zero attached hydrogens (tertiary/aromatic N) is 1. The predicted octanol–water partition coefficient (Wildman–Crippen LogP) is 4.52. The molecule has 0 atom stereocenters. The van der Waals surface area contributed by atoms with Gasteiger partial charge in [0.25, 0.3) is 0 Å². The van der Waals surface area contributed by atoms with Crippen LogP contribution < -0.4 is 9.47 Å².